The largest absolute Gasteiger partial charge is 0.480 e. The summed E-state index contributed by atoms with van der Waals surface area (Å²) < 4.78 is 9.96. The summed E-state index contributed by atoms with van der Waals surface area (Å²) in [5, 5.41) is 14.9. The number of benzene rings is 1. The van der Waals surface area contributed by atoms with E-state index in [9.17, 15) is 19.5 Å². The van der Waals surface area contributed by atoms with Gasteiger partial charge in [0.1, 0.15) is 34.1 Å². The zero-order valence-corrected chi connectivity index (χ0v) is 20.9. The Morgan fingerprint density at radius 3 is 2.46 bits per heavy atom. The molecule has 0 bridgehead atoms. The van der Waals surface area contributed by atoms with Crippen LogP contribution >= 0.6 is 11.3 Å². The Balaban J connectivity index is 2.05. The summed E-state index contributed by atoms with van der Waals surface area (Å²) in [6.07, 6.45) is 2.25. The van der Waals surface area contributed by atoms with Crippen molar-refractivity contribution in [2.75, 3.05) is 0 Å². The van der Waals surface area contributed by atoms with Crippen LogP contribution in [0.5, 0.6) is 0 Å². The van der Waals surface area contributed by atoms with Gasteiger partial charge in [-0.3, -0.25) is 9.36 Å². The Morgan fingerprint density at radius 1 is 1.20 bits per heavy atom. The molecule has 1 aromatic carbocycles. The first-order chi connectivity index (χ1) is 16.5. The molecule has 11 heteroatoms. The van der Waals surface area contributed by atoms with Crippen LogP contribution in [0, 0.1) is 6.92 Å². The lowest BCUT2D eigenvalue weighted by molar-refractivity contribution is -0.146. The van der Waals surface area contributed by atoms with Gasteiger partial charge in [-0.05, 0) is 40.2 Å². The minimum absolute atomic E-state index is 0.0876. The van der Waals surface area contributed by atoms with Crippen molar-refractivity contribution in [3.05, 3.63) is 75.0 Å². The van der Waals surface area contributed by atoms with Crippen LogP contribution in [-0.2, 0) is 21.6 Å². The molecule has 3 heterocycles. The zero-order valence-electron chi connectivity index (χ0n) is 20.1. The quantitative estimate of drug-likeness (QED) is 0.397. The topological polar surface area (TPSA) is 121 Å². The van der Waals surface area contributed by atoms with Crippen LogP contribution in [0.1, 0.15) is 44.9 Å². The number of carboxylic acids is 1. The molecule has 0 radical (unpaired) electrons. The number of rotatable bonds is 8. The van der Waals surface area contributed by atoms with E-state index in [0.717, 1.165) is 10.1 Å². The van der Waals surface area contributed by atoms with Crippen molar-refractivity contribution in [3.8, 4) is 5.00 Å². The molecule has 4 aromatic rings. The average Bonchev–Trinajstić information content (AvgIpc) is 3.44. The highest BCUT2D eigenvalue weighted by Crippen LogP contribution is 2.32. The summed E-state index contributed by atoms with van der Waals surface area (Å²) >= 11 is 1.23. The predicted octanol–water partition coefficient (Wildman–Crippen LogP) is 3.10. The Bertz CT molecular complexity index is 1480. The van der Waals surface area contributed by atoms with Crippen LogP contribution < -0.4 is 11.2 Å². The third-order valence-corrected chi connectivity index (χ3v) is 7.16. The van der Waals surface area contributed by atoms with Gasteiger partial charge >= 0.3 is 11.7 Å². The first-order valence-electron chi connectivity index (χ1n) is 11.1. The van der Waals surface area contributed by atoms with E-state index in [1.807, 2.05) is 44.2 Å². The highest BCUT2D eigenvalue weighted by molar-refractivity contribution is 7.21. The Kier molecular flexibility index (Phi) is 6.48. The fraction of sp³-hybridized carbons (Fsp3) is 0.375. The van der Waals surface area contributed by atoms with E-state index in [2.05, 4.69) is 10.1 Å². The Hall–Kier alpha value is -3.57. The van der Waals surface area contributed by atoms with Crippen molar-refractivity contribution >= 4 is 27.5 Å². The lowest BCUT2D eigenvalue weighted by Crippen LogP contribution is -2.52. The molecule has 0 spiro atoms. The van der Waals surface area contributed by atoms with Crippen molar-refractivity contribution in [2.45, 2.75) is 58.9 Å². The molecular formula is C24H27N5O5S. The SMILES string of the molecule is Cc1c(-n2cncn2)sc2c1c(=O)n(C(C)(C)C(=O)O)c(=O)n2C[C@@H](OC(C)C)c1ccccc1. The van der Waals surface area contributed by atoms with Gasteiger partial charge in [-0.15, -0.1) is 0 Å². The number of thiophene rings is 1. The maximum atomic E-state index is 13.8. The number of carbonyl (C=O) groups is 1. The summed E-state index contributed by atoms with van der Waals surface area (Å²) in [6.45, 7) is 8.33. The molecule has 35 heavy (non-hydrogen) atoms. The van der Waals surface area contributed by atoms with E-state index in [-0.39, 0.29) is 18.0 Å². The van der Waals surface area contributed by atoms with Crippen molar-refractivity contribution < 1.29 is 14.6 Å². The molecule has 0 amide bonds. The minimum Gasteiger partial charge on any atom is -0.480 e. The maximum absolute atomic E-state index is 13.8. The van der Waals surface area contributed by atoms with Gasteiger partial charge in [-0.1, -0.05) is 41.7 Å². The number of hydrogen-bond acceptors (Lipinski definition) is 7. The van der Waals surface area contributed by atoms with E-state index in [1.165, 1.54) is 47.1 Å². The number of aliphatic carboxylic acids is 1. The normalized spacial score (nSPS) is 13.0. The van der Waals surface area contributed by atoms with E-state index in [0.29, 0.717) is 15.4 Å². The molecule has 0 fully saturated rings. The molecular weight excluding hydrogens is 470 g/mol. The van der Waals surface area contributed by atoms with Gasteiger partial charge in [0, 0.05) is 5.56 Å². The number of nitrogens with zero attached hydrogens (tertiary/aromatic N) is 5. The van der Waals surface area contributed by atoms with Crippen LogP contribution in [0.3, 0.4) is 0 Å². The molecule has 0 aliphatic carbocycles. The molecule has 184 valence electrons. The number of hydrogen-bond donors (Lipinski definition) is 1. The highest BCUT2D eigenvalue weighted by Gasteiger charge is 2.36. The van der Waals surface area contributed by atoms with Crippen LogP contribution in [0.15, 0.2) is 52.6 Å². The van der Waals surface area contributed by atoms with Crippen LogP contribution in [0.25, 0.3) is 15.2 Å². The lowest BCUT2D eigenvalue weighted by atomic mass is 10.1. The number of fused-ring (bicyclic) bond motifs is 1. The van der Waals surface area contributed by atoms with Crippen molar-refractivity contribution in [2.24, 2.45) is 0 Å². The van der Waals surface area contributed by atoms with E-state index in [1.54, 1.807) is 6.92 Å². The molecule has 0 aliphatic rings. The summed E-state index contributed by atoms with van der Waals surface area (Å²) in [7, 11) is 0. The molecule has 1 N–H and O–H groups in total. The summed E-state index contributed by atoms with van der Waals surface area (Å²) in [6, 6.07) is 9.48. The standard InChI is InChI=1S/C24H27N5O5S/c1-14(2)34-17(16-9-7-6-8-10-16)11-27-21-18(15(3)20(35-21)28-13-25-12-26-28)19(30)29(23(27)33)24(4,5)22(31)32/h6-10,12-14,17H,11H2,1-5H3,(H,31,32)/t17-/m1/s1. The molecule has 1 atom stereocenters. The summed E-state index contributed by atoms with van der Waals surface area (Å²) in [5.74, 6) is -1.29. The molecule has 4 rings (SSSR count). The van der Waals surface area contributed by atoms with Crippen LogP contribution in [0.4, 0.5) is 0 Å². The number of aryl methyl sites for hydroxylation is 1. The molecule has 0 aliphatic heterocycles. The highest BCUT2D eigenvalue weighted by atomic mass is 32.1. The Labute approximate surface area is 205 Å². The lowest BCUT2D eigenvalue weighted by Gasteiger charge is -2.26. The van der Waals surface area contributed by atoms with E-state index >= 15 is 0 Å². The molecule has 10 nitrogen and oxygen atoms in total. The second kappa shape index (κ2) is 9.23. The van der Waals surface area contributed by atoms with Gasteiger partial charge in [0.15, 0.2) is 0 Å². The predicted molar refractivity (Wildman–Crippen MR) is 132 cm³/mol. The average molecular weight is 498 g/mol. The van der Waals surface area contributed by atoms with Gasteiger partial charge in [0.25, 0.3) is 5.56 Å². The fourth-order valence-corrected chi connectivity index (χ4v) is 5.24. The van der Waals surface area contributed by atoms with Crippen molar-refractivity contribution in [1.82, 2.24) is 23.9 Å². The van der Waals surface area contributed by atoms with E-state index in [4.69, 9.17) is 4.74 Å². The van der Waals surface area contributed by atoms with Crippen molar-refractivity contribution in [3.63, 3.8) is 0 Å². The van der Waals surface area contributed by atoms with Gasteiger partial charge < -0.3 is 9.84 Å². The van der Waals surface area contributed by atoms with E-state index < -0.39 is 28.9 Å². The van der Waals surface area contributed by atoms with Gasteiger partial charge in [-0.2, -0.15) is 5.10 Å². The molecule has 0 unspecified atom stereocenters. The monoisotopic (exact) mass is 497 g/mol. The third-order valence-electron chi connectivity index (χ3n) is 5.85. The number of ether oxygens (including phenoxy) is 1. The van der Waals surface area contributed by atoms with Gasteiger partial charge in [-0.25, -0.2) is 23.8 Å². The number of aromatic nitrogens is 5. The third kappa shape index (κ3) is 4.32. The van der Waals surface area contributed by atoms with Gasteiger partial charge in [0.2, 0.25) is 0 Å². The van der Waals surface area contributed by atoms with Crippen molar-refractivity contribution in [1.29, 1.82) is 0 Å². The summed E-state index contributed by atoms with van der Waals surface area (Å²) in [4.78, 5) is 43.9. The van der Waals surface area contributed by atoms with Crippen LogP contribution in [-0.4, -0.2) is 41.1 Å². The Morgan fingerprint density at radius 2 is 1.89 bits per heavy atom. The second-order valence-corrected chi connectivity index (χ2v) is 10.0. The smallest absolute Gasteiger partial charge is 0.333 e. The summed E-state index contributed by atoms with van der Waals surface area (Å²) in [5.41, 5.74) is -1.69. The molecule has 3 aromatic heterocycles. The first kappa shape index (κ1) is 24.6. The number of carboxylic acid groups (broad SMARTS) is 1. The maximum Gasteiger partial charge on any atom is 0.333 e. The van der Waals surface area contributed by atoms with Gasteiger partial charge in [0.05, 0.1) is 18.0 Å². The zero-order chi connectivity index (χ0) is 25.5. The second-order valence-electron chi connectivity index (χ2n) is 9.03. The molecule has 0 saturated carbocycles. The minimum atomic E-state index is -1.77. The first-order valence-corrected chi connectivity index (χ1v) is 11.9. The van der Waals surface area contributed by atoms with Crippen LogP contribution in [0.2, 0.25) is 0 Å². The molecule has 0 saturated heterocycles. The fourth-order valence-electron chi connectivity index (χ4n) is 4.01.